The Balaban J connectivity index is 1.87. The maximum absolute atomic E-state index is 11.3. The normalized spacial score (nSPS) is 16.9. The van der Waals surface area contributed by atoms with Gasteiger partial charge in [0.1, 0.15) is 9.84 Å². The Morgan fingerprint density at radius 2 is 2.14 bits per heavy atom. The van der Waals surface area contributed by atoms with Crippen LogP contribution in [0.1, 0.15) is 31.2 Å². The molecule has 5 heteroatoms. The number of hydrogen-bond acceptors (Lipinski definition) is 3. The fraction of sp³-hybridized carbons (Fsp3) is 0.625. The van der Waals surface area contributed by atoms with Gasteiger partial charge in [-0.15, -0.1) is 0 Å². The average molecular weight is 374 g/mol. The molecule has 118 valence electrons. The lowest BCUT2D eigenvalue weighted by molar-refractivity contribution is 0.437. The fourth-order valence-electron chi connectivity index (χ4n) is 2.53. The van der Waals surface area contributed by atoms with Gasteiger partial charge in [0.15, 0.2) is 0 Å². The molecule has 3 nitrogen and oxygen atoms in total. The first-order valence-corrected chi connectivity index (χ1v) is 10.4. The first kappa shape index (κ1) is 17.0. The van der Waals surface area contributed by atoms with E-state index < -0.39 is 9.84 Å². The van der Waals surface area contributed by atoms with E-state index in [1.54, 1.807) is 0 Å². The molecule has 0 aliphatic heterocycles. The minimum absolute atomic E-state index is 0.297. The van der Waals surface area contributed by atoms with Crippen molar-refractivity contribution < 1.29 is 8.42 Å². The van der Waals surface area contributed by atoms with Crippen molar-refractivity contribution in [2.75, 3.05) is 18.6 Å². The molecule has 1 aromatic rings. The molecule has 1 aromatic carbocycles. The molecule has 2 rings (SSSR count). The van der Waals surface area contributed by atoms with Crippen LogP contribution < -0.4 is 5.32 Å². The van der Waals surface area contributed by atoms with Crippen molar-refractivity contribution in [2.45, 2.75) is 38.1 Å². The quantitative estimate of drug-likeness (QED) is 0.722. The van der Waals surface area contributed by atoms with Gasteiger partial charge in [-0.25, -0.2) is 8.42 Å². The van der Waals surface area contributed by atoms with Gasteiger partial charge in [0.05, 0.1) is 0 Å². The van der Waals surface area contributed by atoms with Crippen molar-refractivity contribution in [1.82, 2.24) is 5.32 Å². The maximum Gasteiger partial charge on any atom is 0.147 e. The van der Waals surface area contributed by atoms with Gasteiger partial charge in [0.25, 0.3) is 0 Å². The molecule has 0 spiro atoms. The highest BCUT2D eigenvalue weighted by Gasteiger charge is 2.22. The second-order valence-electron chi connectivity index (χ2n) is 6.15. The Morgan fingerprint density at radius 3 is 2.76 bits per heavy atom. The lowest BCUT2D eigenvalue weighted by Gasteiger charge is -2.18. The molecule has 21 heavy (non-hydrogen) atoms. The van der Waals surface area contributed by atoms with Crippen LogP contribution in [0.4, 0.5) is 0 Å². The van der Waals surface area contributed by atoms with Crippen molar-refractivity contribution in [3.63, 3.8) is 0 Å². The largest absolute Gasteiger partial charge is 0.314 e. The summed E-state index contributed by atoms with van der Waals surface area (Å²) in [6.45, 7) is 0.987. The van der Waals surface area contributed by atoms with Crippen molar-refractivity contribution >= 4 is 25.8 Å². The summed E-state index contributed by atoms with van der Waals surface area (Å²) >= 11 is 3.51. The second kappa shape index (κ2) is 7.75. The van der Waals surface area contributed by atoms with E-state index in [0.717, 1.165) is 30.3 Å². The van der Waals surface area contributed by atoms with Crippen molar-refractivity contribution in [3.8, 4) is 0 Å². The number of halogens is 1. The van der Waals surface area contributed by atoms with Crippen LogP contribution in [0.25, 0.3) is 0 Å². The average Bonchev–Trinajstić information content (AvgIpc) is 3.18. The van der Waals surface area contributed by atoms with Crippen LogP contribution in [0.3, 0.4) is 0 Å². The fourth-order valence-corrected chi connectivity index (χ4v) is 3.67. The van der Waals surface area contributed by atoms with E-state index >= 15 is 0 Å². The van der Waals surface area contributed by atoms with Crippen LogP contribution >= 0.6 is 15.9 Å². The van der Waals surface area contributed by atoms with E-state index in [-0.39, 0.29) is 0 Å². The minimum atomic E-state index is -2.85. The SMILES string of the molecule is CS(=O)(=O)CCCC(CNC1CC1)Cc1cccc(Br)c1. The molecule has 0 heterocycles. The standard InChI is InChI=1S/C16H24BrNO2S/c1-21(19,20)9-3-5-14(12-18-16-7-8-16)10-13-4-2-6-15(17)11-13/h2,4,6,11,14,16,18H,3,5,7-10,12H2,1H3. The number of rotatable bonds is 9. The van der Waals surface area contributed by atoms with Crippen molar-refractivity contribution in [1.29, 1.82) is 0 Å². The number of hydrogen-bond donors (Lipinski definition) is 1. The molecule has 0 bridgehead atoms. The number of sulfone groups is 1. The minimum Gasteiger partial charge on any atom is -0.314 e. The summed E-state index contributed by atoms with van der Waals surface area (Å²) in [5, 5.41) is 3.58. The van der Waals surface area contributed by atoms with E-state index in [1.807, 2.05) is 6.07 Å². The molecule has 1 aliphatic carbocycles. The van der Waals surface area contributed by atoms with E-state index in [1.165, 1.54) is 24.7 Å². The molecule has 1 fully saturated rings. The third kappa shape index (κ3) is 7.43. The van der Waals surface area contributed by atoms with Crippen molar-refractivity contribution in [2.24, 2.45) is 5.92 Å². The zero-order valence-corrected chi connectivity index (χ0v) is 14.9. The molecule has 1 unspecified atom stereocenters. The Kier molecular flexibility index (Phi) is 6.26. The zero-order valence-electron chi connectivity index (χ0n) is 12.5. The van der Waals surface area contributed by atoms with E-state index in [9.17, 15) is 8.42 Å². The van der Waals surface area contributed by atoms with Crippen LogP contribution in [0.2, 0.25) is 0 Å². The van der Waals surface area contributed by atoms with E-state index in [2.05, 4.69) is 39.4 Å². The third-order valence-electron chi connectivity index (χ3n) is 3.81. The monoisotopic (exact) mass is 373 g/mol. The molecule has 1 N–H and O–H groups in total. The molecule has 0 amide bonds. The summed E-state index contributed by atoms with van der Waals surface area (Å²) in [4.78, 5) is 0. The number of benzene rings is 1. The second-order valence-corrected chi connectivity index (χ2v) is 9.33. The molecule has 1 saturated carbocycles. The van der Waals surface area contributed by atoms with Crippen LogP contribution in [0, 0.1) is 5.92 Å². The molecule has 1 aliphatic rings. The molecule has 0 aromatic heterocycles. The Hall–Kier alpha value is -0.390. The van der Waals surface area contributed by atoms with Crippen LogP contribution in [0.5, 0.6) is 0 Å². The summed E-state index contributed by atoms with van der Waals surface area (Å²) < 4.78 is 23.6. The van der Waals surface area contributed by atoms with Gasteiger partial charge in [-0.3, -0.25) is 0 Å². The van der Waals surface area contributed by atoms with E-state index in [4.69, 9.17) is 0 Å². The Morgan fingerprint density at radius 1 is 1.38 bits per heavy atom. The van der Waals surface area contributed by atoms with Gasteiger partial charge in [0, 0.05) is 22.5 Å². The maximum atomic E-state index is 11.3. The van der Waals surface area contributed by atoms with Gasteiger partial charge in [-0.05, 0) is 62.3 Å². The van der Waals surface area contributed by atoms with Crippen LogP contribution in [-0.4, -0.2) is 33.0 Å². The third-order valence-corrected chi connectivity index (χ3v) is 5.34. The van der Waals surface area contributed by atoms with Gasteiger partial charge in [-0.2, -0.15) is 0 Å². The summed E-state index contributed by atoms with van der Waals surface area (Å²) in [6.07, 6.45) is 6.60. The van der Waals surface area contributed by atoms with Gasteiger partial charge < -0.3 is 5.32 Å². The molecule has 1 atom stereocenters. The topological polar surface area (TPSA) is 46.2 Å². The number of nitrogens with one attached hydrogen (secondary N) is 1. The summed E-state index contributed by atoms with van der Waals surface area (Å²) in [5.41, 5.74) is 1.31. The van der Waals surface area contributed by atoms with Crippen LogP contribution in [-0.2, 0) is 16.3 Å². The summed E-state index contributed by atoms with van der Waals surface area (Å²) in [5.74, 6) is 0.799. The highest BCUT2D eigenvalue weighted by Crippen LogP contribution is 2.22. The van der Waals surface area contributed by atoms with Gasteiger partial charge in [-0.1, -0.05) is 28.1 Å². The molecule has 0 saturated heterocycles. The van der Waals surface area contributed by atoms with Gasteiger partial charge in [0.2, 0.25) is 0 Å². The highest BCUT2D eigenvalue weighted by molar-refractivity contribution is 9.10. The first-order chi connectivity index (χ1) is 9.92. The summed E-state index contributed by atoms with van der Waals surface area (Å²) in [6, 6.07) is 9.09. The molecule has 0 radical (unpaired) electrons. The molecular formula is C16H24BrNO2S. The van der Waals surface area contributed by atoms with Gasteiger partial charge >= 0.3 is 0 Å². The molecular weight excluding hydrogens is 350 g/mol. The Bertz CT molecular complexity index is 555. The predicted octanol–water partition coefficient (Wildman–Crippen LogP) is 3.18. The zero-order chi connectivity index (χ0) is 15.3. The highest BCUT2D eigenvalue weighted by atomic mass is 79.9. The first-order valence-electron chi connectivity index (χ1n) is 7.58. The summed E-state index contributed by atoms with van der Waals surface area (Å²) in [7, 11) is -2.85. The van der Waals surface area contributed by atoms with Crippen molar-refractivity contribution in [3.05, 3.63) is 34.3 Å². The Labute approximate surface area is 136 Å². The smallest absolute Gasteiger partial charge is 0.147 e. The lowest BCUT2D eigenvalue weighted by Crippen LogP contribution is -2.26. The lowest BCUT2D eigenvalue weighted by atomic mass is 9.95. The van der Waals surface area contributed by atoms with E-state index in [0.29, 0.717) is 17.7 Å². The predicted molar refractivity (Wildman–Crippen MR) is 91.3 cm³/mol. The van der Waals surface area contributed by atoms with Crippen LogP contribution in [0.15, 0.2) is 28.7 Å².